The van der Waals surface area contributed by atoms with Gasteiger partial charge in [-0.15, -0.1) is 0 Å². The quantitative estimate of drug-likeness (QED) is 0.544. The molecule has 0 fully saturated rings. The van der Waals surface area contributed by atoms with Crippen LogP contribution < -0.4 is 0 Å². The average Bonchev–Trinajstić information content (AvgIpc) is 1.86. The minimum atomic E-state index is -1.76. The molecule has 0 aromatic rings. The highest BCUT2D eigenvalue weighted by molar-refractivity contribution is 6.63. The largest absolute Gasteiger partial charge is 0.461 e. The number of hydrogen-bond donors (Lipinski definition) is 0. The maximum atomic E-state index is 5.50. The van der Waals surface area contributed by atoms with E-state index in [1.54, 1.807) is 0 Å². The first-order valence-corrected chi connectivity index (χ1v) is 4.18. The molecule has 0 bridgehead atoms. The van der Waals surface area contributed by atoms with Crippen LogP contribution in [0.3, 0.4) is 0 Å². The molecule has 0 saturated heterocycles. The molecule has 11 heavy (non-hydrogen) atoms. The van der Waals surface area contributed by atoms with E-state index in [1.165, 1.54) is 0 Å². The molecule has 0 heterocycles. The van der Waals surface area contributed by atoms with Crippen molar-refractivity contribution in [2.75, 3.05) is 0 Å². The third-order valence-electron chi connectivity index (χ3n) is 0.653. The van der Waals surface area contributed by atoms with Gasteiger partial charge in [0, 0.05) is 0 Å². The Bertz CT molecular complexity index is 181. The van der Waals surface area contributed by atoms with E-state index in [4.69, 9.17) is 58.0 Å². The average molecular weight is 256 g/mol. The van der Waals surface area contributed by atoms with Crippen LogP contribution in [-0.2, 0) is 4.74 Å². The van der Waals surface area contributed by atoms with Crippen LogP contribution in [0.15, 0.2) is 22.4 Å². The van der Waals surface area contributed by atoms with Crippen LogP contribution in [-0.4, -0.2) is 4.52 Å². The Labute approximate surface area is 89.4 Å². The number of rotatable bonds is 3. The molecule has 0 aliphatic carbocycles. The Morgan fingerprint density at radius 3 is 2.00 bits per heavy atom. The van der Waals surface area contributed by atoms with Crippen molar-refractivity contribution in [2.24, 2.45) is 0 Å². The zero-order valence-electron chi connectivity index (χ0n) is 5.08. The second kappa shape index (κ2) is 4.68. The highest BCUT2D eigenvalue weighted by atomic mass is 35.5. The zero-order chi connectivity index (χ0) is 9.07. The molecule has 0 aromatic carbocycles. The van der Waals surface area contributed by atoms with Gasteiger partial charge < -0.3 is 4.74 Å². The molecule has 6 heteroatoms. The number of halogens is 5. The number of ether oxygens (including phenoxy) is 1. The molecule has 0 N–H and O–H groups in total. The molecular weight excluding hydrogens is 253 g/mol. The van der Waals surface area contributed by atoms with Crippen LogP contribution in [0.4, 0.5) is 0 Å². The molecule has 0 aliphatic rings. The summed E-state index contributed by atoms with van der Waals surface area (Å²) in [6.07, 6.45) is 1.03. The van der Waals surface area contributed by atoms with Crippen LogP contribution in [0, 0.1) is 0 Å². The summed E-state index contributed by atoms with van der Waals surface area (Å²) in [5.74, 6) is 0. The second-order valence-corrected chi connectivity index (χ2v) is 3.96. The second-order valence-electron chi connectivity index (χ2n) is 1.38. The molecule has 0 radical (unpaired) electrons. The van der Waals surface area contributed by atoms with E-state index in [2.05, 4.69) is 11.3 Å². The van der Waals surface area contributed by atoms with Crippen molar-refractivity contribution < 1.29 is 4.74 Å². The van der Waals surface area contributed by atoms with Crippen molar-refractivity contribution in [2.45, 2.75) is 4.52 Å². The Morgan fingerprint density at radius 1 is 1.27 bits per heavy atom. The van der Waals surface area contributed by atoms with Gasteiger partial charge in [0.1, 0.15) is 9.52 Å². The van der Waals surface area contributed by atoms with Crippen molar-refractivity contribution in [3.05, 3.63) is 22.4 Å². The summed E-state index contributed by atoms with van der Waals surface area (Å²) in [6.45, 7) is 3.23. The minimum absolute atomic E-state index is 0.205. The van der Waals surface area contributed by atoms with E-state index in [0.29, 0.717) is 0 Å². The van der Waals surface area contributed by atoms with Gasteiger partial charge >= 0.3 is 0 Å². The van der Waals surface area contributed by atoms with Crippen LogP contribution in [0.5, 0.6) is 0 Å². The maximum Gasteiger partial charge on any atom is 0.297 e. The zero-order valence-corrected chi connectivity index (χ0v) is 8.86. The van der Waals surface area contributed by atoms with Gasteiger partial charge in [-0.3, -0.25) is 0 Å². The Morgan fingerprint density at radius 2 is 1.73 bits per heavy atom. The maximum absolute atomic E-state index is 5.50. The predicted octanol–water partition coefficient (Wildman–Crippen LogP) is 4.16. The summed E-state index contributed by atoms with van der Waals surface area (Å²) in [5.41, 5.74) is 0. The first-order valence-electron chi connectivity index (χ1n) is 2.29. The van der Waals surface area contributed by atoms with E-state index in [9.17, 15) is 0 Å². The summed E-state index contributed by atoms with van der Waals surface area (Å²) in [5, 5.41) is -0.205. The molecule has 0 aromatic heterocycles. The molecule has 1 nitrogen and oxygen atoms in total. The van der Waals surface area contributed by atoms with E-state index in [1.807, 2.05) is 0 Å². The van der Waals surface area contributed by atoms with Crippen molar-refractivity contribution in [3.8, 4) is 0 Å². The molecule has 0 spiro atoms. The lowest BCUT2D eigenvalue weighted by Crippen LogP contribution is -2.15. The van der Waals surface area contributed by atoms with Gasteiger partial charge in [-0.05, 0) is 0 Å². The van der Waals surface area contributed by atoms with Crippen LogP contribution in [0.1, 0.15) is 0 Å². The molecule has 0 unspecified atom stereocenters. The van der Waals surface area contributed by atoms with Crippen molar-refractivity contribution >= 4 is 58.0 Å². The molecular formula is C5H3Cl5O. The van der Waals surface area contributed by atoms with Gasteiger partial charge in [0.2, 0.25) is 0 Å². The Balaban J connectivity index is 4.54. The van der Waals surface area contributed by atoms with Crippen molar-refractivity contribution in [1.82, 2.24) is 0 Å². The van der Waals surface area contributed by atoms with Gasteiger partial charge in [-0.2, -0.15) is 0 Å². The molecule has 0 aliphatic heterocycles. The van der Waals surface area contributed by atoms with Crippen LogP contribution >= 0.6 is 58.0 Å². The van der Waals surface area contributed by atoms with E-state index in [-0.39, 0.29) is 9.52 Å². The standard InChI is InChI=1S/C5H3Cl5O/c1-2-11-5(9,10)3(6)4(7)8/h2H,1H2. The number of hydrogen-bond acceptors (Lipinski definition) is 1. The fraction of sp³-hybridized carbons (Fsp3) is 0.200. The minimum Gasteiger partial charge on any atom is -0.461 e. The first kappa shape index (κ1) is 11.7. The highest BCUT2D eigenvalue weighted by Gasteiger charge is 2.31. The lowest BCUT2D eigenvalue weighted by molar-refractivity contribution is 0.218. The third-order valence-corrected chi connectivity index (χ3v) is 2.43. The third kappa shape index (κ3) is 3.77. The summed E-state index contributed by atoms with van der Waals surface area (Å²) in [7, 11) is 0. The molecule has 0 amide bonds. The Kier molecular flexibility index (Phi) is 4.99. The lowest BCUT2D eigenvalue weighted by Gasteiger charge is -2.17. The van der Waals surface area contributed by atoms with Gasteiger partial charge in [-0.25, -0.2) is 0 Å². The van der Waals surface area contributed by atoms with Crippen LogP contribution in [0.25, 0.3) is 0 Å². The molecule has 0 atom stereocenters. The SMILES string of the molecule is C=COC(Cl)(Cl)C(Cl)=C(Cl)Cl. The fourth-order valence-electron chi connectivity index (χ4n) is 0.266. The lowest BCUT2D eigenvalue weighted by atomic mass is 10.6. The summed E-state index contributed by atoms with van der Waals surface area (Å²) in [6, 6.07) is 0. The van der Waals surface area contributed by atoms with Crippen LogP contribution in [0.2, 0.25) is 0 Å². The summed E-state index contributed by atoms with van der Waals surface area (Å²) >= 11 is 27.0. The van der Waals surface area contributed by atoms with Crippen molar-refractivity contribution in [3.63, 3.8) is 0 Å². The predicted molar refractivity (Wildman–Crippen MR) is 50.3 cm³/mol. The topological polar surface area (TPSA) is 9.23 Å². The highest BCUT2D eigenvalue weighted by Crippen LogP contribution is 2.38. The van der Waals surface area contributed by atoms with Gasteiger partial charge in [0.25, 0.3) is 4.52 Å². The molecule has 0 rings (SSSR count). The van der Waals surface area contributed by atoms with Gasteiger partial charge in [0.05, 0.1) is 6.26 Å². The Hall–Kier alpha value is 0.730. The normalized spacial score (nSPS) is 10.6. The van der Waals surface area contributed by atoms with E-state index in [0.717, 1.165) is 6.26 Å². The monoisotopic (exact) mass is 254 g/mol. The van der Waals surface area contributed by atoms with Gasteiger partial charge in [-0.1, -0.05) is 64.6 Å². The molecule has 64 valence electrons. The smallest absolute Gasteiger partial charge is 0.297 e. The van der Waals surface area contributed by atoms with Gasteiger partial charge in [0.15, 0.2) is 0 Å². The van der Waals surface area contributed by atoms with E-state index >= 15 is 0 Å². The van der Waals surface area contributed by atoms with E-state index < -0.39 is 4.52 Å². The summed E-state index contributed by atoms with van der Waals surface area (Å²) in [4.78, 5) is 0. The van der Waals surface area contributed by atoms with Crippen molar-refractivity contribution in [1.29, 1.82) is 0 Å². The summed E-state index contributed by atoms with van der Waals surface area (Å²) < 4.78 is 2.58. The molecule has 0 saturated carbocycles. The number of alkyl halides is 2. The fourth-order valence-corrected chi connectivity index (χ4v) is 1.09. The first-order chi connectivity index (χ1) is 4.91.